The molecule has 0 saturated carbocycles. The zero-order valence-corrected chi connectivity index (χ0v) is 9.35. The zero-order valence-electron chi connectivity index (χ0n) is 9.35. The molecular formula is C12H18N2O. The molecule has 1 fully saturated rings. The smallest absolute Gasteiger partial charge is 0.129 e. The van der Waals surface area contributed by atoms with Crippen LogP contribution in [-0.2, 0) is 0 Å². The Kier molecular flexibility index (Phi) is 2.91. The molecule has 2 heterocycles. The molecule has 0 aromatic carbocycles. The van der Waals surface area contributed by atoms with Gasteiger partial charge in [-0.3, -0.25) is 0 Å². The van der Waals surface area contributed by atoms with E-state index in [9.17, 15) is 5.11 Å². The maximum Gasteiger partial charge on any atom is 0.129 e. The van der Waals surface area contributed by atoms with E-state index in [2.05, 4.69) is 16.8 Å². The molecule has 2 atom stereocenters. The van der Waals surface area contributed by atoms with Crippen molar-refractivity contribution in [3.63, 3.8) is 0 Å². The van der Waals surface area contributed by atoms with E-state index in [4.69, 9.17) is 0 Å². The number of nitrogens with zero attached hydrogens (tertiary/aromatic N) is 2. The van der Waals surface area contributed by atoms with Crippen LogP contribution in [0.5, 0.6) is 0 Å². The van der Waals surface area contributed by atoms with E-state index < -0.39 is 6.10 Å². The maximum atomic E-state index is 9.51. The van der Waals surface area contributed by atoms with Crippen LogP contribution in [0.4, 0.5) is 5.82 Å². The van der Waals surface area contributed by atoms with E-state index >= 15 is 0 Å². The quantitative estimate of drug-likeness (QED) is 0.805. The van der Waals surface area contributed by atoms with Crippen LogP contribution in [0.2, 0.25) is 0 Å². The molecule has 0 bridgehead atoms. The van der Waals surface area contributed by atoms with Crippen LogP contribution in [0, 0.1) is 0 Å². The predicted molar refractivity (Wildman–Crippen MR) is 60.9 cm³/mol. The minimum atomic E-state index is -0.412. The van der Waals surface area contributed by atoms with Crippen molar-refractivity contribution in [2.75, 3.05) is 11.4 Å². The first kappa shape index (κ1) is 10.4. The first-order chi connectivity index (χ1) is 7.18. The fourth-order valence-electron chi connectivity index (χ4n) is 2.12. The second kappa shape index (κ2) is 4.19. The van der Waals surface area contributed by atoms with Gasteiger partial charge < -0.3 is 10.0 Å². The molecule has 0 amide bonds. The Hall–Kier alpha value is -1.09. The highest BCUT2D eigenvalue weighted by Crippen LogP contribution is 2.25. The van der Waals surface area contributed by atoms with Gasteiger partial charge in [0.25, 0.3) is 0 Å². The third-order valence-corrected chi connectivity index (χ3v) is 3.10. The minimum Gasteiger partial charge on any atom is -0.389 e. The van der Waals surface area contributed by atoms with Gasteiger partial charge in [-0.1, -0.05) is 0 Å². The van der Waals surface area contributed by atoms with E-state index in [1.54, 1.807) is 13.1 Å². The van der Waals surface area contributed by atoms with Crippen LogP contribution >= 0.6 is 0 Å². The zero-order chi connectivity index (χ0) is 10.8. The first-order valence-electron chi connectivity index (χ1n) is 5.59. The summed E-state index contributed by atoms with van der Waals surface area (Å²) in [5.41, 5.74) is 0.944. The topological polar surface area (TPSA) is 36.4 Å². The number of anilines is 1. The lowest BCUT2D eigenvalue weighted by Gasteiger charge is -2.23. The summed E-state index contributed by atoms with van der Waals surface area (Å²) in [4.78, 5) is 6.68. The minimum absolute atomic E-state index is 0.412. The number of aliphatic hydroxyl groups is 1. The fraction of sp³-hybridized carbons (Fsp3) is 0.583. The van der Waals surface area contributed by atoms with Gasteiger partial charge in [0, 0.05) is 18.8 Å². The standard InChI is InChI=1S/C12H18N2O/c1-9-4-3-7-14(9)12-8-11(10(2)15)5-6-13-12/h5-6,8-10,15H,3-4,7H2,1-2H3/t9?,10-/m0/s1. The number of hydrogen-bond donors (Lipinski definition) is 1. The number of aliphatic hydroxyl groups excluding tert-OH is 1. The average molecular weight is 206 g/mol. The molecule has 2 rings (SSSR count). The Labute approximate surface area is 90.8 Å². The molecule has 1 aromatic rings. The van der Waals surface area contributed by atoms with Gasteiger partial charge in [-0.25, -0.2) is 4.98 Å². The molecule has 0 aliphatic carbocycles. The van der Waals surface area contributed by atoms with Crippen molar-refractivity contribution < 1.29 is 5.11 Å². The van der Waals surface area contributed by atoms with E-state index in [-0.39, 0.29) is 0 Å². The molecular weight excluding hydrogens is 188 g/mol. The van der Waals surface area contributed by atoms with Crippen LogP contribution in [0.3, 0.4) is 0 Å². The highest BCUT2D eigenvalue weighted by Gasteiger charge is 2.21. The lowest BCUT2D eigenvalue weighted by Crippen LogP contribution is -2.27. The molecule has 1 aromatic heterocycles. The van der Waals surface area contributed by atoms with Crippen LogP contribution < -0.4 is 4.90 Å². The monoisotopic (exact) mass is 206 g/mol. The summed E-state index contributed by atoms with van der Waals surface area (Å²) in [6.45, 7) is 5.09. The molecule has 1 saturated heterocycles. The van der Waals surface area contributed by atoms with Crippen LogP contribution in [-0.4, -0.2) is 22.7 Å². The summed E-state index contributed by atoms with van der Waals surface area (Å²) in [5, 5.41) is 9.51. The van der Waals surface area contributed by atoms with Crippen molar-refractivity contribution >= 4 is 5.82 Å². The number of pyridine rings is 1. The molecule has 15 heavy (non-hydrogen) atoms. The Morgan fingerprint density at radius 2 is 2.40 bits per heavy atom. The second-order valence-electron chi connectivity index (χ2n) is 4.31. The third kappa shape index (κ3) is 2.12. The van der Waals surface area contributed by atoms with Crippen molar-refractivity contribution in [2.24, 2.45) is 0 Å². The van der Waals surface area contributed by atoms with Crippen molar-refractivity contribution in [2.45, 2.75) is 38.8 Å². The van der Waals surface area contributed by atoms with Gasteiger partial charge in [-0.15, -0.1) is 0 Å². The Morgan fingerprint density at radius 1 is 1.60 bits per heavy atom. The first-order valence-corrected chi connectivity index (χ1v) is 5.59. The van der Waals surface area contributed by atoms with Gasteiger partial charge in [0.15, 0.2) is 0 Å². The van der Waals surface area contributed by atoms with Crippen molar-refractivity contribution in [3.05, 3.63) is 23.9 Å². The summed E-state index contributed by atoms with van der Waals surface area (Å²) < 4.78 is 0. The molecule has 3 heteroatoms. The Bertz CT molecular complexity index is 338. The van der Waals surface area contributed by atoms with Gasteiger partial charge in [0.2, 0.25) is 0 Å². The summed E-state index contributed by atoms with van der Waals surface area (Å²) in [5.74, 6) is 0.999. The van der Waals surface area contributed by atoms with Gasteiger partial charge in [0.1, 0.15) is 5.82 Å². The highest BCUT2D eigenvalue weighted by atomic mass is 16.3. The summed E-state index contributed by atoms with van der Waals surface area (Å²) in [7, 11) is 0. The van der Waals surface area contributed by atoms with Gasteiger partial charge >= 0.3 is 0 Å². The number of rotatable bonds is 2. The normalized spacial score (nSPS) is 23.1. The van der Waals surface area contributed by atoms with Gasteiger partial charge in [0.05, 0.1) is 6.10 Å². The molecule has 0 radical (unpaired) electrons. The highest BCUT2D eigenvalue weighted by molar-refractivity contribution is 5.43. The van der Waals surface area contributed by atoms with Gasteiger partial charge in [-0.05, 0) is 44.4 Å². The lowest BCUT2D eigenvalue weighted by atomic mass is 10.1. The summed E-state index contributed by atoms with van der Waals surface area (Å²) >= 11 is 0. The van der Waals surface area contributed by atoms with E-state index in [1.165, 1.54) is 12.8 Å². The summed E-state index contributed by atoms with van der Waals surface area (Å²) in [6.07, 6.45) is 3.84. The van der Waals surface area contributed by atoms with Crippen LogP contribution in [0.25, 0.3) is 0 Å². The molecule has 1 aliphatic rings. The average Bonchev–Trinajstić information content (AvgIpc) is 2.64. The third-order valence-electron chi connectivity index (χ3n) is 3.10. The molecule has 1 unspecified atom stereocenters. The number of hydrogen-bond acceptors (Lipinski definition) is 3. The van der Waals surface area contributed by atoms with E-state index in [0.717, 1.165) is 17.9 Å². The van der Waals surface area contributed by atoms with Crippen molar-refractivity contribution in [1.29, 1.82) is 0 Å². The van der Waals surface area contributed by atoms with Crippen molar-refractivity contribution in [1.82, 2.24) is 4.98 Å². The Balaban J connectivity index is 2.24. The molecule has 3 nitrogen and oxygen atoms in total. The molecule has 82 valence electrons. The lowest BCUT2D eigenvalue weighted by molar-refractivity contribution is 0.199. The van der Waals surface area contributed by atoms with E-state index in [0.29, 0.717) is 6.04 Å². The number of aromatic nitrogens is 1. The molecule has 1 N–H and O–H groups in total. The fourth-order valence-corrected chi connectivity index (χ4v) is 2.12. The molecule has 0 spiro atoms. The largest absolute Gasteiger partial charge is 0.389 e. The Morgan fingerprint density at radius 3 is 3.00 bits per heavy atom. The van der Waals surface area contributed by atoms with Gasteiger partial charge in [-0.2, -0.15) is 0 Å². The van der Waals surface area contributed by atoms with Crippen LogP contribution in [0.15, 0.2) is 18.3 Å². The van der Waals surface area contributed by atoms with Crippen LogP contribution in [0.1, 0.15) is 38.4 Å². The second-order valence-corrected chi connectivity index (χ2v) is 4.31. The van der Waals surface area contributed by atoms with Crippen molar-refractivity contribution in [3.8, 4) is 0 Å². The predicted octanol–water partition coefficient (Wildman–Crippen LogP) is 2.12. The maximum absolute atomic E-state index is 9.51. The molecule has 1 aliphatic heterocycles. The SMILES string of the molecule is CC1CCCN1c1cc([C@H](C)O)ccn1. The summed E-state index contributed by atoms with van der Waals surface area (Å²) in [6, 6.07) is 4.43. The van der Waals surface area contributed by atoms with E-state index in [1.807, 2.05) is 12.1 Å².